The second-order valence-corrected chi connectivity index (χ2v) is 8.11. The van der Waals surface area contributed by atoms with E-state index in [4.69, 9.17) is 9.15 Å². The Morgan fingerprint density at radius 2 is 1.87 bits per heavy atom. The summed E-state index contributed by atoms with van der Waals surface area (Å²) in [5.74, 6) is 0.715. The third-order valence-corrected chi connectivity index (χ3v) is 5.98. The summed E-state index contributed by atoms with van der Waals surface area (Å²) < 4.78 is 11.4. The lowest BCUT2D eigenvalue weighted by atomic mass is 10.1. The van der Waals surface area contributed by atoms with Crippen LogP contribution in [0.25, 0.3) is 11.0 Å². The molecule has 0 unspecified atom stereocenters. The van der Waals surface area contributed by atoms with Crippen LogP contribution in [-0.4, -0.2) is 41.7 Å². The second kappa shape index (κ2) is 7.98. The molecule has 2 aliphatic heterocycles. The summed E-state index contributed by atoms with van der Waals surface area (Å²) in [6.07, 6.45) is 2.61. The van der Waals surface area contributed by atoms with Crippen LogP contribution < -0.4 is 15.3 Å². The van der Waals surface area contributed by atoms with Crippen molar-refractivity contribution in [1.29, 1.82) is 0 Å². The number of carbonyl (C=O) groups is 1. The molecule has 0 radical (unpaired) electrons. The highest BCUT2D eigenvalue weighted by atomic mass is 16.5. The highest BCUT2D eigenvalue weighted by Gasteiger charge is 2.34. The van der Waals surface area contributed by atoms with Crippen molar-refractivity contribution >= 4 is 22.6 Å². The molecule has 0 spiro atoms. The summed E-state index contributed by atoms with van der Waals surface area (Å²) in [5.41, 5.74) is 1.51. The predicted molar refractivity (Wildman–Crippen MR) is 116 cm³/mol. The quantitative estimate of drug-likeness (QED) is 0.655. The number of piperidine rings is 1. The van der Waals surface area contributed by atoms with E-state index in [1.165, 1.54) is 12.1 Å². The van der Waals surface area contributed by atoms with E-state index in [1.54, 1.807) is 12.1 Å². The van der Waals surface area contributed by atoms with Gasteiger partial charge in [-0.3, -0.25) is 4.79 Å². The first kappa shape index (κ1) is 19.5. The first-order valence-corrected chi connectivity index (χ1v) is 10.6. The molecule has 0 saturated carbocycles. The molecule has 5 rings (SSSR count). The Bertz CT molecular complexity index is 1180. The minimum Gasteiger partial charge on any atom is -0.508 e. The van der Waals surface area contributed by atoms with E-state index in [0.29, 0.717) is 24.4 Å². The van der Waals surface area contributed by atoms with Crippen LogP contribution >= 0.6 is 0 Å². The number of nitrogens with zero attached hydrogens (tertiary/aromatic N) is 2. The van der Waals surface area contributed by atoms with Crippen LogP contribution in [0.2, 0.25) is 0 Å². The van der Waals surface area contributed by atoms with Crippen molar-refractivity contribution in [2.75, 3.05) is 24.5 Å². The van der Waals surface area contributed by atoms with Crippen molar-refractivity contribution in [2.45, 2.75) is 31.9 Å². The third-order valence-electron chi connectivity index (χ3n) is 5.98. The highest BCUT2D eigenvalue weighted by Crippen LogP contribution is 2.35. The number of likely N-dealkylation sites (tertiary alicyclic amines) is 1. The zero-order valence-corrected chi connectivity index (χ0v) is 17.1. The third kappa shape index (κ3) is 3.83. The Hall–Kier alpha value is -3.48. The monoisotopic (exact) mass is 420 g/mol. The van der Waals surface area contributed by atoms with E-state index >= 15 is 0 Å². The van der Waals surface area contributed by atoms with Gasteiger partial charge in [0.15, 0.2) is 6.10 Å². The average Bonchev–Trinajstić information content (AvgIpc) is 2.78. The maximum absolute atomic E-state index is 13.1. The second-order valence-electron chi connectivity index (χ2n) is 8.11. The SMILES string of the molecule is O=C([C@H]1CN(Cc2cc(=O)oc3cc(O)ccc23)c2ccccc2O1)N1CCCCC1. The number of ether oxygens (including phenoxy) is 1. The van der Waals surface area contributed by atoms with Gasteiger partial charge in [0.05, 0.1) is 12.2 Å². The number of hydrogen-bond acceptors (Lipinski definition) is 6. The Morgan fingerprint density at radius 3 is 2.71 bits per heavy atom. The van der Waals surface area contributed by atoms with Gasteiger partial charge in [0.1, 0.15) is 17.1 Å². The fourth-order valence-electron chi connectivity index (χ4n) is 4.46. The lowest BCUT2D eigenvalue weighted by molar-refractivity contribution is -0.139. The molecule has 1 atom stereocenters. The molecule has 7 nitrogen and oxygen atoms in total. The molecule has 1 saturated heterocycles. The first-order chi connectivity index (χ1) is 15.1. The molecule has 1 amide bonds. The molecule has 3 heterocycles. The molecule has 2 aliphatic rings. The van der Waals surface area contributed by atoms with Crippen molar-refractivity contribution < 1.29 is 19.1 Å². The van der Waals surface area contributed by atoms with Crippen LogP contribution in [0.1, 0.15) is 24.8 Å². The number of phenols is 1. The van der Waals surface area contributed by atoms with Gasteiger partial charge in [0, 0.05) is 37.2 Å². The van der Waals surface area contributed by atoms with Crippen LogP contribution in [0.4, 0.5) is 5.69 Å². The molecule has 160 valence electrons. The molecule has 1 N–H and O–H groups in total. The number of fused-ring (bicyclic) bond motifs is 2. The van der Waals surface area contributed by atoms with Crippen LogP contribution in [-0.2, 0) is 11.3 Å². The number of benzene rings is 2. The van der Waals surface area contributed by atoms with Gasteiger partial charge in [-0.15, -0.1) is 0 Å². The summed E-state index contributed by atoms with van der Waals surface area (Å²) in [6, 6.07) is 13.9. The lowest BCUT2D eigenvalue weighted by Gasteiger charge is -2.38. The van der Waals surface area contributed by atoms with Gasteiger partial charge in [-0.1, -0.05) is 12.1 Å². The van der Waals surface area contributed by atoms with Gasteiger partial charge in [0.25, 0.3) is 5.91 Å². The topological polar surface area (TPSA) is 83.2 Å². The van der Waals surface area contributed by atoms with Gasteiger partial charge in [0.2, 0.25) is 0 Å². The van der Waals surface area contributed by atoms with Gasteiger partial charge < -0.3 is 24.1 Å². The van der Waals surface area contributed by atoms with Crippen LogP contribution in [0.15, 0.2) is 57.7 Å². The number of amides is 1. The number of aromatic hydroxyl groups is 1. The van der Waals surface area contributed by atoms with Crippen LogP contribution in [0, 0.1) is 0 Å². The molecule has 7 heteroatoms. The molecule has 31 heavy (non-hydrogen) atoms. The summed E-state index contributed by atoms with van der Waals surface area (Å²) >= 11 is 0. The largest absolute Gasteiger partial charge is 0.508 e. The minimum atomic E-state index is -0.594. The maximum Gasteiger partial charge on any atom is 0.336 e. The van der Waals surface area contributed by atoms with E-state index < -0.39 is 11.7 Å². The van der Waals surface area contributed by atoms with E-state index in [1.807, 2.05) is 29.2 Å². The molecule has 2 aromatic carbocycles. The predicted octanol–water partition coefficient (Wildman–Crippen LogP) is 3.28. The van der Waals surface area contributed by atoms with Gasteiger partial charge in [-0.05, 0) is 49.1 Å². The average molecular weight is 420 g/mol. The Morgan fingerprint density at radius 1 is 1.06 bits per heavy atom. The minimum absolute atomic E-state index is 0.0153. The number of hydrogen-bond donors (Lipinski definition) is 1. The number of phenolic OH excluding ortho intramolecular Hbond substituents is 1. The summed E-state index contributed by atoms with van der Waals surface area (Å²) in [7, 11) is 0. The molecule has 1 fully saturated rings. The summed E-state index contributed by atoms with van der Waals surface area (Å²) in [4.78, 5) is 29.3. The molecule has 3 aromatic rings. The first-order valence-electron chi connectivity index (χ1n) is 10.6. The van der Waals surface area contributed by atoms with Crippen molar-refractivity contribution in [1.82, 2.24) is 4.90 Å². The van der Waals surface area contributed by atoms with Gasteiger partial charge in [-0.25, -0.2) is 4.79 Å². The normalized spacial score (nSPS) is 18.5. The Kier molecular flexibility index (Phi) is 5.02. The summed E-state index contributed by atoms with van der Waals surface area (Å²) in [5, 5.41) is 10.5. The van der Waals surface area contributed by atoms with E-state index in [2.05, 4.69) is 4.90 Å². The fraction of sp³-hybridized carbons (Fsp3) is 0.333. The van der Waals surface area contributed by atoms with Crippen molar-refractivity contribution in [3.63, 3.8) is 0 Å². The number of anilines is 1. The standard InChI is InChI=1S/C24H24N2O5/c27-17-8-9-18-16(12-23(28)31-21(18)13-17)14-26-15-22(24(29)25-10-4-1-5-11-25)30-20-7-3-2-6-19(20)26/h2-3,6-9,12-13,22,27H,1,4-5,10-11,14-15H2/t22-/m1/s1. The van der Waals surface area contributed by atoms with E-state index in [0.717, 1.165) is 49.0 Å². The van der Waals surface area contributed by atoms with Gasteiger partial charge in [-0.2, -0.15) is 0 Å². The molecular formula is C24H24N2O5. The summed E-state index contributed by atoms with van der Waals surface area (Å²) in [6.45, 7) is 2.35. The van der Waals surface area contributed by atoms with Crippen molar-refractivity contribution in [3.05, 3.63) is 64.5 Å². The van der Waals surface area contributed by atoms with E-state index in [9.17, 15) is 14.7 Å². The van der Waals surface area contributed by atoms with Crippen LogP contribution in [0.5, 0.6) is 11.5 Å². The lowest BCUT2D eigenvalue weighted by Crippen LogP contribution is -2.51. The van der Waals surface area contributed by atoms with Crippen molar-refractivity contribution in [3.8, 4) is 11.5 Å². The molecule has 1 aromatic heterocycles. The van der Waals surface area contributed by atoms with Crippen molar-refractivity contribution in [2.24, 2.45) is 0 Å². The molecular weight excluding hydrogens is 396 g/mol. The highest BCUT2D eigenvalue weighted by molar-refractivity contribution is 5.84. The Balaban J connectivity index is 1.49. The maximum atomic E-state index is 13.1. The van der Waals surface area contributed by atoms with Gasteiger partial charge >= 0.3 is 5.63 Å². The smallest absolute Gasteiger partial charge is 0.336 e. The number of carbonyl (C=O) groups excluding carboxylic acids is 1. The number of rotatable bonds is 3. The Labute approximate surface area is 179 Å². The molecule has 0 aliphatic carbocycles. The zero-order chi connectivity index (χ0) is 21.4. The number of para-hydroxylation sites is 2. The fourth-order valence-corrected chi connectivity index (χ4v) is 4.46. The zero-order valence-electron chi connectivity index (χ0n) is 17.1. The van der Waals surface area contributed by atoms with Crippen LogP contribution in [0.3, 0.4) is 0 Å². The molecule has 0 bridgehead atoms. The van der Waals surface area contributed by atoms with E-state index in [-0.39, 0.29) is 11.7 Å².